The van der Waals surface area contributed by atoms with Crippen LogP contribution in [-0.2, 0) is 13.0 Å². The van der Waals surface area contributed by atoms with Crippen LogP contribution in [0.2, 0.25) is 0 Å². The predicted octanol–water partition coefficient (Wildman–Crippen LogP) is 4.46. The van der Waals surface area contributed by atoms with Gasteiger partial charge in [0.2, 0.25) is 5.91 Å². The number of carbonyl (C=O) groups is 2. The highest BCUT2D eigenvalue weighted by Gasteiger charge is 2.16. The fraction of sp³-hybridized carbons (Fsp3) is 0.269. The van der Waals surface area contributed by atoms with E-state index in [0.29, 0.717) is 30.6 Å². The van der Waals surface area contributed by atoms with Crippen LogP contribution in [0.25, 0.3) is 11.1 Å². The number of benzene rings is 2. The van der Waals surface area contributed by atoms with Gasteiger partial charge in [0, 0.05) is 12.6 Å². The molecule has 0 fully saturated rings. The summed E-state index contributed by atoms with van der Waals surface area (Å²) < 4.78 is 2.77. The van der Waals surface area contributed by atoms with Gasteiger partial charge in [-0.1, -0.05) is 61.7 Å². The van der Waals surface area contributed by atoms with E-state index in [4.69, 9.17) is 0 Å². The largest absolute Gasteiger partial charge is 0.478 e. The summed E-state index contributed by atoms with van der Waals surface area (Å²) in [6, 6.07) is 14.3. The number of aromatic carboxylic acids is 1. The highest BCUT2D eigenvalue weighted by Crippen LogP contribution is 2.24. The molecule has 0 unspecified atom stereocenters. The number of carboxylic acid groups (broad SMARTS) is 1. The van der Waals surface area contributed by atoms with E-state index < -0.39 is 5.97 Å². The average Bonchev–Trinajstić information content (AvgIpc) is 3.11. The predicted molar refractivity (Wildman–Crippen MR) is 124 cm³/mol. The molecule has 0 bridgehead atoms. The molecule has 0 aliphatic carbocycles. The third-order valence-corrected chi connectivity index (χ3v) is 5.28. The first-order valence-electron chi connectivity index (χ1n) is 10.6. The molecular formula is C26H26N2O4. The average molecular weight is 431 g/mol. The first kappa shape index (κ1) is 22.8. The first-order chi connectivity index (χ1) is 15.5. The van der Waals surface area contributed by atoms with Crippen LogP contribution in [0, 0.1) is 11.8 Å². The molecule has 3 rings (SSSR count). The summed E-state index contributed by atoms with van der Waals surface area (Å²) in [7, 11) is 0. The second kappa shape index (κ2) is 10.5. The third kappa shape index (κ3) is 5.06. The zero-order valence-electron chi connectivity index (χ0n) is 18.3. The van der Waals surface area contributed by atoms with E-state index in [2.05, 4.69) is 11.8 Å². The summed E-state index contributed by atoms with van der Waals surface area (Å²) in [5.41, 5.74) is 2.85. The molecule has 1 aromatic heterocycles. The zero-order chi connectivity index (χ0) is 23.1. The Morgan fingerprint density at radius 2 is 1.78 bits per heavy atom. The van der Waals surface area contributed by atoms with Gasteiger partial charge in [-0.05, 0) is 36.1 Å². The van der Waals surface area contributed by atoms with E-state index >= 15 is 0 Å². The minimum absolute atomic E-state index is 0.207. The monoisotopic (exact) mass is 430 g/mol. The lowest BCUT2D eigenvalue weighted by Crippen LogP contribution is -2.29. The van der Waals surface area contributed by atoms with Crippen molar-refractivity contribution in [3.05, 3.63) is 82.0 Å². The Kier molecular flexibility index (Phi) is 7.45. The van der Waals surface area contributed by atoms with E-state index in [0.717, 1.165) is 24.0 Å². The molecule has 1 heterocycles. The Morgan fingerprint density at radius 3 is 2.44 bits per heavy atom. The van der Waals surface area contributed by atoms with Crippen LogP contribution < -0.4 is 5.69 Å². The second-order valence-corrected chi connectivity index (χ2v) is 7.51. The fourth-order valence-electron chi connectivity index (χ4n) is 3.54. The quantitative estimate of drug-likeness (QED) is 0.535. The maximum absolute atomic E-state index is 13.0. The smallest absolute Gasteiger partial charge is 0.336 e. The standard InChI is InChI=1S/C26H26N2O4/c1-3-5-9-21-18-28(24(29)12-6-4-2)26(32)27(21)17-19-13-15-20(16-14-19)22-10-7-8-11-23(22)25(30)31/h7-8,10-11,13-16,18H,4,6,9,12,17H2,1-2H3,(H,30,31). The molecule has 0 saturated carbocycles. The van der Waals surface area contributed by atoms with Crippen LogP contribution in [0.1, 0.15) is 59.5 Å². The van der Waals surface area contributed by atoms with Gasteiger partial charge in [-0.25, -0.2) is 14.2 Å². The van der Waals surface area contributed by atoms with Crippen LogP contribution >= 0.6 is 0 Å². The molecule has 0 atom stereocenters. The lowest BCUT2D eigenvalue weighted by atomic mass is 9.99. The Hall–Kier alpha value is -3.85. The van der Waals surface area contributed by atoms with Crippen molar-refractivity contribution in [1.82, 2.24) is 9.13 Å². The topological polar surface area (TPSA) is 81.3 Å². The molecule has 0 aliphatic rings. The maximum Gasteiger partial charge on any atom is 0.336 e. The molecule has 0 amide bonds. The van der Waals surface area contributed by atoms with Gasteiger partial charge >= 0.3 is 11.7 Å². The highest BCUT2D eigenvalue weighted by atomic mass is 16.4. The van der Waals surface area contributed by atoms with Crippen molar-refractivity contribution in [2.24, 2.45) is 0 Å². The normalized spacial score (nSPS) is 10.4. The molecule has 0 saturated heterocycles. The number of rotatable bonds is 8. The van der Waals surface area contributed by atoms with Crippen molar-refractivity contribution >= 4 is 11.9 Å². The van der Waals surface area contributed by atoms with Crippen LogP contribution in [0.4, 0.5) is 0 Å². The number of carbonyl (C=O) groups excluding carboxylic acids is 1. The summed E-state index contributed by atoms with van der Waals surface area (Å²) >= 11 is 0. The summed E-state index contributed by atoms with van der Waals surface area (Å²) in [6.07, 6.45) is 3.93. The number of hydrogen-bond donors (Lipinski definition) is 1. The Balaban J connectivity index is 1.92. The molecule has 3 aromatic rings. The Labute approximate surface area is 187 Å². The molecule has 0 aliphatic heterocycles. The number of nitrogens with zero attached hydrogens (tertiary/aromatic N) is 2. The van der Waals surface area contributed by atoms with Gasteiger partial charge in [-0.15, -0.1) is 5.92 Å². The van der Waals surface area contributed by atoms with Gasteiger partial charge < -0.3 is 5.11 Å². The van der Waals surface area contributed by atoms with Gasteiger partial charge in [0.05, 0.1) is 24.2 Å². The molecule has 164 valence electrons. The van der Waals surface area contributed by atoms with Crippen molar-refractivity contribution in [3.8, 4) is 23.0 Å². The van der Waals surface area contributed by atoms with Gasteiger partial charge in [0.1, 0.15) is 0 Å². The van der Waals surface area contributed by atoms with E-state index in [1.54, 1.807) is 42.0 Å². The van der Waals surface area contributed by atoms with Gasteiger partial charge in [-0.3, -0.25) is 9.36 Å². The lowest BCUT2D eigenvalue weighted by molar-refractivity contribution is 0.0697. The first-order valence-corrected chi connectivity index (χ1v) is 10.6. The van der Waals surface area contributed by atoms with Gasteiger partial charge in [-0.2, -0.15) is 0 Å². The minimum Gasteiger partial charge on any atom is -0.478 e. The van der Waals surface area contributed by atoms with Crippen LogP contribution in [0.15, 0.2) is 59.5 Å². The van der Waals surface area contributed by atoms with Crippen molar-refractivity contribution in [2.75, 3.05) is 0 Å². The molecule has 6 nitrogen and oxygen atoms in total. The van der Waals surface area contributed by atoms with Crippen molar-refractivity contribution < 1.29 is 14.7 Å². The summed E-state index contributed by atoms with van der Waals surface area (Å²) in [5.74, 6) is 4.62. The van der Waals surface area contributed by atoms with Gasteiger partial charge in [0.25, 0.3) is 0 Å². The summed E-state index contributed by atoms with van der Waals surface area (Å²) in [6.45, 7) is 4.04. The number of carboxylic acids is 1. The fourth-order valence-corrected chi connectivity index (χ4v) is 3.54. The van der Waals surface area contributed by atoms with Crippen molar-refractivity contribution in [2.45, 2.75) is 46.1 Å². The van der Waals surface area contributed by atoms with Crippen molar-refractivity contribution in [3.63, 3.8) is 0 Å². The minimum atomic E-state index is -0.980. The molecule has 2 aromatic carbocycles. The van der Waals surface area contributed by atoms with Crippen LogP contribution in [-0.4, -0.2) is 26.1 Å². The van der Waals surface area contributed by atoms with Crippen LogP contribution in [0.5, 0.6) is 0 Å². The summed E-state index contributed by atoms with van der Waals surface area (Å²) in [4.78, 5) is 36.9. The second-order valence-electron chi connectivity index (χ2n) is 7.51. The number of unbranched alkanes of at least 4 members (excludes halogenated alkanes) is 1. The Morgan fingerprint density at radius 1 is 1.06 bits per heavy atom. The third-order valence-electron chi connectivity index (χ3n) is 5.28. The SMILES string of the molecule is CC#CCc1cn(C(=O)CCCC)c(=O)n1Cc1ccc(-c2ccccc2C(=O)O)cc1. The molecule has 0 radical (unpaired) electrons. The highest BCUT2D eigenvalue weighted by molar-refractivity contribution is 5.96. The van der Waals surface area contributed by atoms with E-state index in [1.807, 2.05) is 31.2 Å². The summed E-state index contributed by atoms with van der Waals surface area (Å²) in [5, 5.41) is 9.43. The maximum atomic E-state index is 13.0. The van der Waals surface area contributed by atoms with Crippen LogP contribution in [0.3, 0.4) is 0 Å². The number of hydrogen-bond acceptors (Lipinski definition) is 3. The molecule has 6 heteroatoms. The van der Waals surface area contributed by atoms with Crippen molar-refractivity contribution in [1.29, 1.82) is 0 Å². The number of aromatic nitrogens is 2. The molecule has 1 N–H and O–H groups in total. The number of imidazole rings is 1. The molecule has 0 spiro atoms. The van der Waals surface area contributed by atoms with E-state index in [-0.39, 0.29) is 17.2 Å². The zero-order valence-corrected chi connectivity index (χ0v) is 18.3. The van der Waals surface area contributed by atoms with E-state index in [1.165, 1.54) is 4.57 Å². The Bertz CT molecular complexity index is 1240. The molecule has 32 heavy (non-hydrogen) atoms. The van der Waals surface area contributed by atoms with Gasteiger partial charge in [0.15, 0.2) is 0 Å². The molecular weight excluding hydrogens is 404 g/mol. The lowest BCUT2D eigenvalue weighted by Gasteiger charge is -2.09. The van der Waals surface area contributed by atoms with E-state index in [9.17, 15) is 19.5 Å².